The molecule has 0 bridgehead atoms. The van der Waals surface area contributed by atoms with E-state index in [4.69, 9.17) is 4.74 Å². The van der Waals surface area contributed by atoms with E-state index in [1.807, 2.05) is 6.08 Å². The van der Waals surface area contributed by atoms with E-state index < -0.39 is 16.1 Å². The zero-order valence-electron chi connectivity index (χ0n) is 35.7. The Kier molecular flexibility index (Phi) is 10.3. The molecule has 1 aliphatic rings. The van der Waals surface area contributed by atoms with E-state index >= 15 is 0 Å². The quantitative estimate of drug-likeness (QED) is 0.113. The Hall–Kier alpha value is -3.93. The van der Waals surface area contributed by atoms with E-state index in [2.05, 4.69) is 199 Å². The lowest BCUT2D eigenvalue weighted by Crippen LogP contribution is -2.55. The van der Waals surface area contributed by atoms with E-state index in [1.54, 1.807) is 0 Å². The zero-order valence-corrected chi connectivity index (χ0v) is 37.7. The normalized spacial score (nSPS) is 13.8. The number of hydrogen-bond acceptors (Lipinski definition) is 1. The number of ether oxygens (including phenoxy) is 1. The maximum Gasteiger partial charge on any atom is 0.118 e. The molecule has 1 nitrogen and oxygen atoms in total. The van der Waals surface area contributed by atoms with Crippen molar-refractivity contribution >= 4 is 26.5 Å². The van der Waals surface area contributed by atoms with Crippen molar-refractivity contribution in [3.05, 3.63) is 138 Å². The van der Waals surface area contributed by atoms with Crippen molar-refractivity contribution in [2.45, 2.75) is 117 Å². The minimum Gasteiger partial charge on any atom is -0.490 e. The molecule has 0 aromatic heterocycles. The van der Waals surface area contributed by atoms with Gasteiger partial charge in [-0.1, -0.05) is 204 Å². The molecule has 0 saturated heterocycles. The molecule has 0 N–H and O–H groups in total. The van der Waals surface area contributed by atoms with Crippen LogP contribution in [0.2, 0.25) is 31.2 Å². The van der Waals surface area contributed by atoms with Gasteiger partial charge in [-0.25, -0.2) is 0 Å². The van der Waals surface area contributed by atoms with E-state index in [9.17, 15) is 0 Å². The molecule has 5 aromatic carbocycles. The molecule has 0 heterocycles. The Morgan fingerprint density at radius 1 is 0.593 bits per heavy atom. The predicted octanol–water partition coefficient (Wildman–Crippen LogP) is 13.5. The van der Waals surface area contributed by atoms with Crippen LogP contribution in [0.25, 0.3) is 33.4 Å². The van der Waals surface area contributed by atoms with Gasteiger partial charge in [0.05, 0.1) is 16.1 Å². The Morgan fingerprint density at radius 2 is 1.04 bits per heavy atom. The maximum atomic E-state index is 6.90. The lowest BCUT2D eigenvalue weighted by Gasteiger charge is -2.41. The summed E-state index contributed by atoms with van der Waals surface area (Å²) in [5.74, 6) is 1.13. The fourth-order valence-corrected chi connectivity index (χ4v) is 14.3. The van der Waals surface area contributed by atoms with E-state index in [1.165, 1.54) is 71.6 Å². The molecule has 282 valence electrons. The largest absolute Gasteiger partial charge is 0.490 e. The van der Waals surface area contributed by atoms with Gasteiger partial charge in [0.2, 0.25) is 0 Å². The van der Waals surface area contributed by atoms with E-state index in [-0.39, 0.29) is 21.4 Å². The average Bonchev–Trinajstić information content (AvgIpc) is 3.43. The lowest BCUT2D eigenvalue weighted by molar-refractivity contribution is 0.368. The molecule has 0 aliphatic heterocycles. The molecule has 54 heavy (non-hydrogen) atoms. The van der Waals surface area contributed by atoms with Crippen LogP contribution in [0.1, 0.15) is 95.7 Å². The molecule has 6 rings (SSSR count). The van der Waals surface area contributed by atoms with Crippen LogP contribution in [0.4, 0.5) is 0 Å². The van der Waals surface area contributed by atoms with Crippen LogP contribution >= 0.6 is 0 Å². The second-order valence-electron chi connectivity index (χ2n) is 20.1. The number of fused-ring (bicyclic) bond motifs is 3. The third-order valence-electron chi connectivity index (χ3n) is 12.7. The van der Waals surface area contributed by atoms with Gasteiger partial charge >= 0.3 is 0 Å². The van der Waals surface area contributed by atoms with Crippen molar-refractivity contribution in [1.82, 2.24) is 0 Å². The van der Waals surface area contributed by atoms with Crippen molar-refractivity contribution in [1.29, 1.82) is 0 Å². The molecule has 0 saturated carbocycles. The fourth-order valence-electron chi connectivity index (χ4n) is 8.30. The monoisotopic (exact) mass is 748 g/mol. The van der Waals surface area contributed by atoms with Crippen LogP contribution in [0.5, 0.6) is 5.75 Å². The maximum absolute atomic E-state index is 6.90. The van der Waals surface area contributed by atoms with Crippen molar-refractivity contribution in [2.24, 2.45) is 0 Å². The highest BCUT2D eigenvalue weighted by atomic mass is 28.3. The van der Waals surface area contributed by atoms with Crippen molar-refractivity contribution in [2.75, 3.05) is 6.61 Å². The number of aryl methyl sites for hydroxylation is 1. The van der Waals surface area contributed by atoms with E-state index in [0.29, 0.717) is 6.61 Å². The minimum absolute atomic E-state index is 0.0793. The lowest BCUT2D eigenvalue weighted by atomic mass is 9.85. The molecular weight excluding hydrogens is 685 g/mol. The molecule has 0 unspecified atom stereocenters. The summed E-state index contributed by atoms with van der Waals surface area (Å²) in [6.07, 6.45) is 1.91. The van der Waals surface area contributed by atoms with Gasteiger partial charge in [0.25, 0.3) is 0 Å². The van der Waals surface area contributed by atoms with Gasteiger partial charge in [-0.05, 0) is 88.8 Å². The third-order valence-corrected chi connectivity index (χ3v) is 22.0. The number of hydrogen-bond donors (Lipinski definition) is 0. The first kappa shape index (κ1) is 39.8. The first-order valence-electron chi connectivity index (χ1n) is 19.9. The van der Waals surface area contributed by atoms with Gasteiger partial charge in [-0.15, -0.1) is 0 Å². The van der Waals surface area contributed by atoms with Gasteiger partial charge < -0.3 is 4.74 Å². The van der Waals surface area contributed by atoms with Crippen molar-refractivity contribution < 1.29 is 4.74 Å². The van der Waals surface area contributed by atoms with Gasteiger partial charge in [0.1, 0.15) is 12.4 Å². The topological polar surface area (TPSA) is 9.23 Å². The average molecular weight is 749 g/mol. The standard InChI is InChI=1S/C51H64OSi2/c1-16-27-52-47-45(28-34(2)29-46(47)54(14,15)51(9,10)11)53(12,13)48-43-32-37(35-19-17-21-39(30-35)49(3,4)5)23-25-41(43)42-26-24-38(33-44(42)48)36-20-18-22-40(31-36)50(6,7)8/h16-26,28-33,48H,1,27H2,2-15H3. The molecule has 0 radical (unpaired) electrons. The van der Waals surface area contributed by atoms with Gasteiger partial charge in [0.15, 0.2) is 0 Å². The number of rotatable bonds is 8. The van der Waals surface area contributed by atoms with Crippen LogP contribution < -0.4 is 15.1 Å². The molecule has 0 atom stereocenters. The highest BCUT2D eigenvalue weighted by Crippen LogP contribution is 2.52. The Morgan fingerprint density at radius 3 is 1.46 bits per heavy atom. The van der Waals surface area contributed by atoms with Gasteiger partial charge in [0, 0.05) is 5.54 Å². The van der Waals surface area contributed by atoms with Crippen LogP contribution in [0.15, 0.2) is 110 Å². The smallest absolute Gasteiger partial charge is 0.118 e. The molecule has 3 heteroatoms. The van der Waals surface area contributed by atoms with Gasteiger partial charge in [-0.3, -0.25) is 0 Å². The summed E-state index contributed by atoms with van der Waals surface area (Å²) in [6, 6.07) is 37.9. The zero-order chi connectivity index (χ0) is 39.6. The first-order valence-corrected chi connectivity index (χ1v) is 26.0. The fraction of sp³-hybridized carbons (Fsp3) is 0.373. The summed E-state index contributed by atoms with van der Waals surface area (Å²) >= 11 is 0. The third kappa shape index (κ3) is 7.27. The molecule has 0 amide bonds. The highest BCUT2D eigenvalue weighted by Gasteiger charge is 2.46. The van der Waals surface area contributed by atoms with E-state index in [0.717, 1.165) is 5.75 Å². The summed E-state index contributed by atoms with van der Waals surface area (Å²) in [4.78, 5) is 0. The summed E-state index contributed by atoms with van der Waals surface area (Å²) in [5.41, 5.74) is 15.2. The summed E-state index contributed by atoms with van der Waals surface area (Å²) in [5, 5.41) is 3.02. The molecular formula is C51H64OSi2. The molecule has 5 aromatic rings. The van der Waals surface area contributed by atoms with Crippen LogP contribution in [0, 0.1) is 6.92 Å². The Labute approximate surface area is 330 Å². The van der Waals surface area contributed by atoms with Crippen molar-refractivity contribution in [3.8, 4) is 39.1 Å². The Bertz CT molecular complexity index is 2110. The summed E-state index contributed by atoms with van der Waals surface area (Å²) in [6.45, 7) is 38.2. The molecule has 1 aliphatic carbocycles. The SMILES string of the molecule is C=CCOc1c([Si](C)(C)C2c3cc(-c4cccc(C(C)(C)C)c4)ccc3-c3ccc(-c4cccc(C(C)(C)C)c4)cc32)cc(C)cc1[Si](C)(C)C(C)(C)C. The Balaban J connectivity index is 1.63. The second-order valence-corrected chi connectivity index (χ2v) is 29.9. The highest BCUT2D eigenvalue weighted by molar-refractivity contribution is 6.95. The number of benzene rings is 5. The predicted molar refractivity (Wildman–Crippen MR) is 243 cm³/mol. The van der Waals surface area contributed by atoms with Crippen LogP contribution in [-0.4, -0.2) is 22.8 Å². The summed E-state index contributed by atoms with van der Waals surface area (Å²) in [7, 11) is -4.40. The molecule has 0 spiro atoms. The van der Waals surface area contributed by atoms with Crippen molar-refractivity contribution in [3.63, 3.8) is 0 Å². The van der Waals surface area contributed by atoms with Crippen LogP contribution in [0.3, 0.4) is 0 Å². The first-order chi connectivity index (χ1) is 25.1. The molecule has 0 fully saturated rings. The second kappa shape index (κ2) is 14.0. The van der Waals surface area contributed by atoms with Crippen LogP contribution in [-0.2, 0) is 10.8 Å². The summed E-state index contributed by atoms with van der Waals surface area (Å²) < 4.78 is 6.90. The van der Waals surface area contributed by atoms with Gasteiger partial charge in [-0.2, -0.15) is 0 Å². The minimum atomic E-state index is -2.41.